The first-order chi connectivity index (χ1) is 39.2. The van der Waals surface area contributed by atoms with Crippen LogP contribution < -0.4 is 0 Å². The number of ether oxygens (including phenoxy) is 3. The maximum atomic E-state index is 12.8. The first kappa shape index (κ1) is 78.0. The van der Waals surface area contributed by atoms with E-state index in [1.54, 1.807) is 0 Å². The molecule has 16 nitrogen and oxygen atoms in total. The molecule has 0 radical (unpaired) electrons. The van der Waals surface area contributed by atoms with Crippen LogP contribution in [0.2, 0.25) is 0 Å². The molecule has 5 unspecified atom stereocenters. The van der Waals surface area contributed by atoms with Crippen molar-refractivity contribution in [3.05, 3.63) is 72.9 Å². The summed E-state index contributed by atoms with van der Waals surface area (Å²) in [5.41, 5.74) is 0. The monoisotopic (exact) mass is 1190 g/mol. The molecule has 0 bridgehead atoms. The number of carbonyl (C=O) groups excluding carboxylic acids is 3. The van der Waals surface area contributed by atoms with Gasteiger partial charge in [-0.15, -0.1) is 0 Å². The minimum atomic E-state index is -4.92. The van der Waals surface area contributed by atoms with Crippen LogP contribution in [0.15, 0.2) is 72.9 Å². The standard InChI is InChI=1S/C63H112O16P2/c1-4-7-10-13-16-19-22-24-26-27-28-29-31-33-35-37-40-43-46-49-61(66)73-52-58(64)53-75-80(69,70)76-54-59(65)55-77-81(71,72)78-57-60(79-63(68)51-48-45-42-39-34-21-18-15-12-9-6-3)56-74-62(67)50-47-44-41-38-36-32-30-25-23-20-17-14-11-8-5-2/h7,10,15-16,18-19,24-26,28-30,58-60,64-65H,4-6,8-9,11-14,17,20-23,27,31-57H2,1-3H3,(H,69,70)(H,71,72)/b10-7-,18-15-,19-16-,26-24-,29-28-,30-25-. The quantitative estimate of drug-likeness (QED) is 0.0146. The first-order valence-corrected chi connectivity index (χ1v) is 34.2. The number of rotatable bonds is 59. The lowest BCUT2D eigenvalue weighted by molar-refractivity contribution is -0.161. The molecular formula is C63H112O16P2. The van der Waals surface area contributed by atoms with E-state index in [0.717, 1.165) is 141 Å². The summed E-state index contributed by atoms with van der Waals surface area (Å²) >= 11 is 0. The third-order valence-corrected chi connectivity index (χ3v) is 14.8. The Balaban J connectivity index is 4.61. The highest BCUT2D eigenvalue weighted by atomic mass is 31.2. The zero-order valence-corrected chi connectivity index (χ0v) is 52.2. The molecule has 0 aliphatic carbocycles. The second-order valence-electron chi connectivity index (χ2n) is 20.8. The van der Waals surface area contributed by atoms with Crippen LogP contribution in [0, 0.1) is 0 Å². The van der Waals surface area contributed by atoms with Crippen molar-refractivity contribution < 1.29 is 75.8 Å². The summed E-state index contributed by atoms with van der Waals surface area (Å²) < 4.78 is 60.6. The van der Waals surface area contributed by atoms with Crippen molar-refractivity contribution in [3.63, 3.8) is 0 Å². The van der Waals surface area contributed by atoms with Crippen LogP contribution in [0.4, 0.5) is 0 Å². The van der Waals surface area contributed by atoms with Gasteiger partial charge in [-0.3, -0.25) is 32.5 Å². The average Bonchev–Trinajstić information content (AvgIpc) is 3.44. The molecule has 0 aliphatic rings. The Morgan fingerprint density at radius 3 is 1.09 bits per heavy atom. The number of unbranched alkanes of at least 4 members (excludes halogenated alkanes) is 24. The van der Waals surface area contributed by atoms with E-state index in [0.29, 0.717) is 19.3 Å². The largest absolute Gasteiger partial charge is 0.472 e. The number of phosphoric ester groups is 2. The molecular weight excluding hydrogens is 1070 g/mol. The van der Waals surface area contributed by atoms with Crippen molar-refractivity contribution in [3.8, 4) is 0 Å². The van der Waals surface area contributed by atoms with Gasteiger partial charge in [-0.1, -0.05) is 203 Å². The lowest BCUT2D eigenvalue weighted by atomic mass is 10.1. The van der Waals surface area contributed by atoms with E-state index < -0.39 is 91.5 Å². The number of phosphoric acid groups is 2. The molecule has 18 heteroatoms. The van der Waals surface area contributed by atoms with Gasteiger partial charge in [0.05, 0.1) is 26.4 Å². The predicted molar refractivity (Wildman–Crippen MR) is 325 cm³/mol. The predicted octanol–water partition coefficient (Wildman–Crippen LogP) is 16.4. The Morgan fingerprint density at radius 1 is 0.358 bits per heavy atom. The van der Waals surface area contributed by atoms with Gasteiger partial charge < -0.3 is 34.2 Å². The summed E-state index contributed by atoms with van der Waals surface area (Å²) in [5.74, 6) is -1.61. The molecule has 0 aromatic heterocycles. The van der Waals surface area contributed by atoms with E-state index in [2.05, 4.69) is 93.7 Å². The van der Waals surface area contributed by atoms with Gasteiger partial charge in [-0.05, 0) is 103 Å². The maximum absolute atomic E-state index is 12.8. The Morgan fingerprint density at radius 2 is 0.667 bits per heavy atom. The van der Waals surface area contributed by atoms with Crippen LogP contribution in [-0.2, 0) is 55.8 Å². The number of aliphatic hydroxyl groups excluding tert-OH is 2. The van der Waals surface area contributed by atoms with Gasteiger partial charge in [0.2, 0.25) is 0 Å². The molecule has 0 rings (SSSR count). The van der Waals surface area contributed by atoms with E-state index in [1.165, 1.54) is 51.4 Å². The first-order valence-electron chi connectivity index (χ1n) is 31.2. The van der Waals surface area contributed by atoms with Gasteiger partial charge in [-0.2, -0.15) is 0 Å². The normalized spacial score (nSPS) is 14.9. The molecule has 470 valence electrons. The minimum Gasteiger partial charge on any atom is -0.463 e. The zero-order chi connectivity index (χ0) is 59.6. The number of allylic oxidation sites excluding steroid dienone is 12. The molecule has 0 saturated heterocycles. The van der Waals surface area contributed by atoms with E-state index >= 15 is 0 Å². The third-order valence-electron chi connectivity index (χ3n) is 12.9. The fourth-order valence-corrected chi connectivity index (χ4v) is 9.65. The van der Waals surface area contributed by atoms with Crippen molar-refractivity contribution in [1.29, 1.82) is 0 Å². The number of carbonyl (C=O) groups is 3. The molecule has 0 amide bonds. The van der Waals surface area contributed by atoms with E-state index in [4.69, 9.17) is 32.3 Å². The van der Waals surface area contributed by atoms with Crippen molar-refractivity contribution in [1.82, 2.24) is 0 Å². The van der Waals surface area contributed by atoms with Gasteiger partial charge in [0.15, 0.2) is 6.10 Å². The Bertz CT molecular complexity index is 1780. The summed E-state index contributed by atoms with van der Waals surface area (Å²) in [6.45, 7) is 2.46. The smallest absolute Gasteiger partial charge is 0.463 e. The average molecular weight is 1190 g/mol. The van der Waals surface area contributed by atoms with Crippen LogP contribution in [-0.4, -0.2) is 95.9 Å². The van der Waals surface area contributed by atoms with Crippen LogP contribution in [0.5, 0.6) is 0 Å². The lowest BCUT2D eigenvalue weighted by Gasteiger charge is -2.21. The highest BCUT2D eigenvalue weighted by Crippen LogP contribution is 2.45. The molecule has 81 heavy (non-hydrogen) atoms. The SMILES string of the molecule is CC/C=C\C/C=C\C/C=C\C/C=C\CCCCCCCCC(=O)OCC(O)COP(=O)(O)OCC(O)COP(=O)(O)OCC(COC(=O)CCCCCCC/C=C\CCCCCCCC)OC(=O)CCCCCCC/C=C\CCCC. The Labute approximate surface area is 490 Å². The molecule has 0 fully saturated rings. The zero-order valence-electron chi connectivity index (χ0n) is 50.4. The number of esters is 3. The summed E-state index contributed by atoms with van der Waals surface area (Å²) in [6.07, 6.45) is 56.9. The van der Waals surface area contributed by atoms with E-state index in [-0.39, 0.29) is 19.3 Å². The molecule has 0 spiro atoms. The summed E-state index contributed by atoms with van der Waals surface area (Å²) in [5, 5.41) is 20.5. The Kier molecular flexibility index (Phi) is 55.3. The van der Waals surface area contributed by atoms with Crippen molar-refractivity contribution in [2.24, 2.45) is 0 Å². The second-order valence-corrected chi connectivity index (χ2v) is 23.7. The fourth-order valence-electron chi connectivity index (χ4n) is 8.06. The molecule has 0 aliphatic heterocycles. The third kappa shape index (κ3) is 58.6. The van der Waals surface area contributed by atoms with Crippen LogP contribution in [0.25, 0.3) is 0 Å². The van der Waals surface area contributed by atoms with Crippen molar-refractivity contribution >= 4 is 33.6 Å². The van der Waals surface area contributed by atoms with E-state index in [9.17, 15) is 43.5 Å². The molecule has 0 heterocycles. The highest BCUT2D eigenvalue weighted by molar-refractivity contribution is 7.47. The molecule has 0 saturated carbocycles. The highest BCUT2D eigenvalue weighted by Gasteiger charge is 2.29. The molecule has 0 aromatic rings. The number of hydrogen-bond acceptors (Lipinski definition) is 14. The summed E-state index contributed by atoms with van der Waals surface area (Å²) in [6, 6.07) is 0. The second kappa shape index (κ2) is 57.4. The van der Waals surface area contributed by atoms with Gasteiger partial charge >= 0.3 is 33.6 Å². The van der Waals surface area contributed by atoms with Gasteiger partial charge in [0, 0.05) is 19.3 Å². The van der Waals surface area contributed by atoms with Crippen LogP contribution >= 0.6 is 15.6 Å². The van der Waals surface area contributed by atoms with Gasteiger partial charge in [0.1, 0.15) is 25.4 Å². The minimum absolute atomic E-state index is 0.0937. The molecule has 5 atom stereocenters. The van der Waals surface area contributed by atoms with Crippen LogP contribution in [0.1, 0.15) is 252 Å². The summed E-state index contributed by atoms with van der Waals surface area (Å²) in [4.78, 5) is 58.1. The lowest BCUT2D eigenvalue weighted by Crippen LogP contribution is -2.30. The summed E-state index contributed by atoms with van der Waals surface area (Å²) in [7, 11) is -9.76. The fraction of sp³-hybridized carbons (Fsp3) is 0.762. The number of aliphatic hydroxyl groups is 2. The van der Waals surface area contributed by atoms with Gasteiger partial charge in [0.25, 0.3) is 0 Å². The number of hydrogen-bond donors (Lipinski definition) is 4. The Hall–Kier alpha value is -3.01. The van der Waals surface area contributed by atoms with Crippen molar-refractivity contribution in [2.75, 3.05) is 39.6 Å². The van der Waals surface area contributed by atoms with Crippen molar-refractivity contribution in [2.45, 2.75) is 270 Å². The molecule has 4 N–H and O–H groups in total. The molecule has 0 aromatic carbocycles. The topological polar surface area (TPSA) is 231 Å². The van der Waals surface area contributed by atoms with Crippen LogP contribution in [0.3, 0.4) is 0 Å². The maximum Gasteiger partial charge on any atom is 0.472 e. The van der Waals surface area contributed by atoms with E-state index in [1.807, 2.05) is 0 Å². The van der Waals surface area contributed by atoms with Gasteiger partial charge in [-0.25, -0.2) is 9.13 Å².